The molecule has 0 aliphatic heterocycles. The molecule has 0 saturated carbocycles. The first-order valence-electron chi connectivity index (χ1n) is 3.51. The Kier molecular flexibility index (Phi) is 3.19. The SMILES string of the molecule is CC(OC=O)c1ncsc1CN. The van der Waals surface area contributed by atoms with Gasteiger partial charge in [0, 0.05) is 11.4 Å². The summed E-state index contributed by atoms with van der Waals surface area (Å²) in [6, 6.07) is 0. The van der Waals surface area contributed by atoms with Crippen LogP contribution in [0.15, 0.2) is 5.51 Å². The molecule has 0 aromatic carbocycles. The molecule has 0 bridgehead atoms. The van der Waals surface area contributed by atoms with E-state index in [-0.39, 0.29) is 6.10 Å². The summed E-state index contributed by atoms with van der Waals surface area (Å²) < 4.78 is 4.74. The van der Waals surface area contributed by atoms with E-state index in [0.717, 1.165) is 10.6 Å². The Balaban J connectivity index is 2.78. The van der Waals surface area contributed by atoms with E-state index in [1.165, 1.54) is 11.3 Å². The van der Waals surface area contributed by atoms with Crippen LogP contribution >= 0.6 is 11.3 Å². The van der Waals surface area contributed by atoms with Gasteiger partial charge in [0.05, 0.1) is 11.2 Å². The normalized spacial score (nSPS) is 12.5. The van der Waals surface area contributed by atoms with Crippen molar-refractivity contribution in [2.45, 2.75) is 19.6 Å². The van der Waals surface area contributed by atoms with E-state index in [4.69, 9.17) is 10.5 Å². The fourth-order valence-electron chi connectivity index (χ4n) is 0.911. The van der Waals surface area contributed by atoms with Crippen LogP contribution in [-0.4, -0.2) is 11.5 Å². The number of nitrogens with zero attached hydrogens (tertiary/aromatic N) is 1. The molecule has 12 heavy (non-hydrogen) atoms. The third kappa shape index (κ3) is 1.80. The van der Waals surface area contributed by atoms with Crippen molar-refractivity contribution in [3.8, 4) is 0 Å². The van der Waals surface area contributed by atoms with Gasteiger partial charge in [0.2, 0.25) is 0 Å². The first-order valence-corrected chi connectivity index (χ1v) is 4.39. The van der Waals surface area contributed by atoms with Crippen LogP contribution in [0.5, 0.6) is 0 Å². The number of ether oxygens (including phenoxy) is 1. The Morgan fingerprint density at radius 2 is 2.67 bits per heavy atom. The van der Waals surface area contributed by atoms with Crippen molar-refractivity contribution < 1.29 is 9.53 Å². The molecule has 0 aliphatic carbocycles. The smallest absolute Gasteiger partial charge is 0.293 e. The van der Waals surface area contributed by atoms with Gasteiger partial charge in [0.25, 0.3) is 6.47 Å². The van der Waals surface area contributed by atoms with Crippen molar-refractivity contribution in [1.29, 1.82) is 0 Å². The highest BCUT2D eigenvalue weighted by molar-refractivity contribution is 7.09. The third-order valence-corrected chi connectivity index (χ3v) is 2.37. The summed E-state index contributed by atoms with van der Waals surface area (Å²) in [4.78, 5) is 15.1. The number of aromatic nitrogens is 1. The zero-order chi connectivity index (χ0) is 8.97. The van der Waals surface area contributed by atoms with Gasteiger partial charge in [-0.05, 0) is 6.92 Å². The molecule has 0 radical (unpaired) electrons. The summed E-state index contributed by atoms with van der Waals surface area (Å²) in [5.74, 6) is 0. The number of carbonyl (C=O) groups excluding carboxylic acids is 1. The Morgan fingerprint density at radius 3 is 3.25 bits per heavy atom. The van der Waals surface area contributed by atoms with Crippen molar-refractivity contribution in [2.24, 2.45) is 5.73 Å². The van der Waals surface area contributed by atoms with Gasteiger partial charge in [-0.3, -0.25) is 4.79 Å². The van der Waals surface area contributed by atoms with Crippen LogP contribution in [0.4, 0.5) is 0 Å². The zero-order valence-electron chi connectivity index (χ0n) is 6.69. The highest BCUT2D eigenvalue weighted by Crippen LogP contribution is 2.21. The maximum Gasteiger partial charge on any atom is 0.293 e. The van der Waals surface area contributed by atoms with E-state index in [1.807, 2.05) is 0 Å². The summed E-state index contributed by atoms with van der Waals surface area (Å²) in [7, 11) is 0. The van der Waals surface area contributed by atoms with Crippen LogP contribution in [0, 0.1) is 0 Å². The van der Waals surface area contributed by atoms with Gasteiger partial charge >= 0.3 is 0 Å². The molecule has 0 fully saturated rings. The van der Waals surface area contributed by atoms with E-state index in [9.17, 15) is 4.79 Å². The molecule has 4 nitrogen and oxygen atoms in total. The second kappa shape index (κ2) is 4.18. The lowest BCUT2D eigenvalue weighted by molar-refractivity contribution is -0.133. The highest BCUT2D eigenvalue weighted by Gasteiger charge is 2.12. The lowest BCUT2D eigenvalue weighted by atomic mass is 10.2. The third-order valence-electron chi connectivity index (χ3n) is 1.50. The van der Waals surface area contributed by atoms with E-state index < -0.39 is 0 Å². The minimum atomic E-state index is -0.299. The number of carbonyl (C=O) groups is 1. The predicted molar refractivity (Wildman–Crippen MR) is 45.6 cm³/mol. The van der Waals surface area contributed by atoms with Crippen molar-refractivity contribution in [3.05, 3.63) is 16.1 Å². The fourth-order valence-corrected chi connectivity index (χ4v) is 1.64. The zero-order valence-corrected chi connectivity index (χ0v) is 7.50. The molecule has 0 spiro atoms. The largest absolute Gasteiger partial charge is 0.458 e. The van der Waals surface area contributed by atoms with Gasteiger partial charge in [0.1, 0.15) is 6.10 Å². The quantitative estimate of drug-likeness (QED) is 0.707. The fraction of sp³-hybridized carbons (Fsp3) is 0.429. The molecule has 1 aromatic rings. The Bertz CT molecular complexity index is 262. The van der Waals surface area contributed by atoms with Crippen molar-refractivity contribution in [1.82, 2.24) is 4.98 Å². The molecule has 0 saturated heterocycles. The monoisotopic (exact) mass is 186 g/mol. The van der Waals surface area contributed by atoms with Crippen LogP contribution in [0.3, 0.4) is 0 Å². The number of hydrogen-bond donors (Lipinski definition) is 1. The average Bonchev–Trinajstić information content (AvgIpc) is 2.51. The Morgan fingerprint density at radius 1 is 1.92 bits per heavy atom. The van der Waals surface area contributed by atoms with Gasteiger partial charge in [0.15, 0.2) is 0 Å². The lowest BCUT2D eigenvalue weighted by Crippen LogP contribution is -2.04. The molecular formula is C7H10N2O2S. The maximum atomic E-state index is 10.0. The van der Waals surface area contributed by atoms with E-state index in [1.54, 1.807) is 12.4 Å². The minimum Gasteiger partial charge on any atom is -0.458 e. The minimum absolute atomic E-state index is 0.299. The summed E-state index contributed by atoms with van der Waals surface area (Å²) in [6.45, 7) is 2.62. The van der Waals surface area contributed by atoms with Gasteiger partial charge in [-0.1, -0.05) is 0 Å². The standard InChI is InChI=1S/C7H10N2O2S/c1-5(11-4-10)7-6(2-8)12-3-9-7/h3-5H,2,8H2,1H3. The molecule has 1 aromatic heterocycles. The van der Waals surface area contributed by atoms with E-state index in [0.29, 0.717) is 13.0 Å². The second-order valence-electron chi connectivity index (χ2n) is 2.24. The molecule has 5 heteroatoms. The molecule has 0 amide bonds. The second-order valence-corrected chi connectivity index (χ2v) is 3.18. The molecule has 66 valence electrons. The topological polar surface area (TPSA) is 65.2 Å². The first-order chi connectivity index (χ1) is 5.79. The molecule has 1 unspecified atom stereocenters. The Labute approximate surface area is 74.4 Å². The molecule has 1 rings (SSSR count). The lowest BCUT2D eigenvalue weighted by Gasteiger charge is -2.07. The summed E-state index contributed by atoms with van der Waals surface area (Å²) in [5, 5.41) is 0. The van der Waals surface area contributed by atoms with Crippen LogP contribution in [0.1, 0.15) is 23.6 Å². The van der Waals surface area contributed by atoms with Gasteiger partial charge in [-0.2, -0.15) is 0 Å². The van der Waals surface area contributed by atoms with E-state index >= 15 is 0 Å². The first kappa shape index (κ1) is 9.15. The molecule has 1 heterocycles. The van der Waals surface area contributed by atoms with Crippen LogP contribution < -0.4 is 5.73 Å². The summed E-state index contributed by atoms with van der Waals surface area (Å²) in [5.41, 5.74) is 7.91. The number of nitrogens with two attached hydrogens (primary N) is 1. The van der Waals surface area contributed by atoms with Gasteiger partial charge < -0.3 is 10.5 Å². The van der Waals surface area contributed by atoms with E-state index in [2.05, 4.69) is 4.98 Å². The summed E-state index contributed by atoms with van der Waals surface area (Å²) in [6.07, 6.45) is -0.299. The number of rotatable bonds is 4. The summed E-state index contributed by atoms with van der Waals surface area (Å²) >= 11 is 1.47. The van der Waals surface area contributed by atoms with Crippen LogP contribution in [-0.2, 0) is 16.1 Å². The van der Waals surface area contributed by atoms with Gasteiger partial charge in [-0.25, -0.2) is 4.98 Å². The Hall–Kier alpha value is -0.940. The number of thiazole rings is 1. The van der Waals surface area contributed by atoms with Crippen LogP contribution in [0.25, 0.3) is 0 Å². The van der Waals surface area contributed by atoms with Crippen molar-refractivity contribution >= 4 is 17.8 Å². The molecule has 1 atom stereocenters. The maximum absolute atomic E-state index is 10.0. The molecular weight excluding hydrogens is 176 g/mol. The van der Waals surface area contributed by atoms with Crippen molar-refractivity contribution in [2.75, 3.05) is 0 Å². The van der Waals surface area contributed by atoms with Gasteiger partial charge in [-0.15, -0.1) is 11.3 Å². The molecule has 2 N–H and O–H groups in total. The average molecular weight is 186 g/mol. The predicted octanol–water partition coefficient (Wildman–Crippen LogP) is 0.836. The highest BCUT2D eigenvalue weighted by atomic mass is 32.1. The number of hydrogen-bond acceptors (Lipinski definition) is 5. The van der Waals surface area contributed by atoms with Crippen LogP contribution in [0.2, 0.25) is 0 Å². The molecule has 0 aliphatic rings. The van der Waals surface area contributed by atoms with Crippen molar-refractivity contribution in [3.63, 3.8) is 0 Å².